The quantitative estimate of drug-likeness (QED) is 0.564. The van der Waals surface area contributed by atoms with Gasteiger partial charge in [0.05, 0.1) is 0 Å². The average molecular weight is 341 g/mol. The van der Waals surface area contributed by atoms with Gasteiger partial charge in [0.2, 0.25) is 0 Å². The van der Waals surface area contributed by atoms with E-state index in [4.69, 9.17) is 0 Å². The molecule has 0 spiro atoms. The SMILES string of the molecule is CN(c1ccc(-c2ncncn2)cc1)c1ccc(-c2ncncn2)cc1. The first-order chi connectivity index (χ1) is 12.8. The lowest BCUT2D eigenvalue weighted by molar-refractivity contribution is 1.05. The van der Waals surface area contributed by atoms with Gasteiger partial charge in [-0.25, -0.2) is 29.9 Å². The fourth-order valence-corrected chi connectivity index (χ4v) is 2.59. The molecule has 0 saturated heterocycles. The van der Waals surface area contributed by atoms with E-state index < -0.39 is 0 Å². The maximum atomic E-state index is 4.17. The normalized spacial score (nSPS) is 10.5. The van der Waals surface area contributed by atoms with Gasteiger partial charge in [-0.2, -0.15) is 0 Å². The van der Waals surface area contributed by atoms with Crippen LogP contribution in [0.1, 0.15) is 0 Å². The molecule has 4 aromatic rings. The number of nitrogens with zero attached hydrogens (tertiary/aromatic N) is 7. The van der Waals surface area contributed by atoms with E-state index in [1.165, 1.54) is 25.3 Å². The molecule has 2 aromatic heterocycles. The molecule has 0 radical (unpaired) electrons. The lowest BCUT2D eigenvalue weighted by Gasteiger charge is -2.20. The maximum Gasteiger partial charge on any atom is 0.162 e. The van der Waals surface area contributed by atoms with Crippen molar-refractivity contribution in [2.75, 3.05) is 11.9 Å². The molecule has 0 bridgehead atoms. The molecule has 4 rings (SSSR count). The van der Waals surface area contributed by atoms with E-state index in [-0.39, 0.29) is 0 Å². The number of benzene rings is 2. The standard InChI is InChI=1S/C19H15N7/c1-26(16-6-2-14(3-7-16)18-22-10-20-11-23-18)17-8-4-15(5-9-17)19-24-12-21-13-25-19/h2-13H,1H3. The minimum atomic E-state index is 0.663. The molecule has 0 amide bonds. The zero-order valence-corrected chi connectivity index (χ0v) is 14.1. The molecular weight excluding hydrogens is 326 g/mol. The van der Waals surface area contributed by atoms with Gasteiger partial charge in [-0.1, -0.05) is 0 Å². The Morgan fingerprint density at radius 3 is 1.23 bits per heavy atom. The average Bonchev–Trinajstić information content (AvgIpc) is 2.75. The van der Waals surface area contributed by atoms with Crippen LogP contribution < -0.4 is 4.90 Å². The summed E-state index contributed by atoms with van der Waals surface area (Å²) in [7, 11) is 2.02. The number of hydrogen-bond acceptors (Lipinski definition) is 7. The van der Waals surface area contributed by atoms with E-state index in [0.717, 1.165) is 22.5 Å². The zero-order chi connectivity index (χ0) is 17.8. The van der Waals surface area contributed by atoms with Crippen LogP contribution in [0.25, 0.3) is 22.8 Å². The lowest BCUT2D eigenvalue weighted by atomic mass is 10.1. The van der Waals surface area contributed by atoms with Crippen LogP contribution in [0.4, 0.5) is 11.4 Å². The molecule has 7 nitrogen and oxygen atoms in total. The molecule has 126 valence electrons. The maximum absolute atomic E-state index is 4.17. The van der Waals surface area contributed by atoms with Gasteiger partial charge >= 0.3 is 0 Å². The number of rotatable bonds is 4. The summed E-state index contributed by atoms with van der Waals surface area (Å²) in [6.45, 7) is 0. The third-order valence-corrected chi connectivity index (χ3v) is 4.01. The van der Waals surface area contributed by atoms with Crippen LogP contribution in [-0.2, 0) is 0 Å². The Labute approximate surface area is 150 Å². The molecule has 7 heteroatoms. The van der Waals surface area contributed by atoms with Gasteiger partial charge < -0.3 is 4.90 Å². The third kappa shape index (κ3) is 3.23. The minimum absolute atomic E-state index is 0.663. The Bertz CT molecular complexity index is 889. The molecule has 2 heterocycles. The summed E-state index contributed by atoms with van der Waals surface area (Å²) in [6.07, 6.45) is 5.99. The van der Waals surface area contributed by atoms with Crippen LogP contribution in [0.2, 0.25) is 0 Å². The van der Waals surface area contributed by atoms with Gasteiger partial charge in [0.15, 0.2) is 11.6 Å². The van der Waals surface area contributed by atoms with Crippen LogP contribution >= 0.6 is 0 Å². The first kappa shape index (κ1) is 15.8. The highest BCUT2D eigenvalue weighted by Crippen LogP contribution is 2.27. The second kappa shape index (κ2) is 7.02. The predicted octanol–water partition coefficient (Wildman–Crippen LogP) is 3.16. The second-order valence-electron chi connectivity index (χ2n) is 5.58. The molecule has 0 fully saturated rings. The van der Waals surface area contributed by atoms with Crippen molar-refractivity contribution in [3.63, 3.8) is 0 Å². The minimum Gasteiger partial charge on any atom is -0.345 e. The molecule has 2 aromatic carbocycles. The van der Waals surface area contributed by atoms with Gasteiger partial charge in [0, 0.05) is 29.5 Å². The summed E-state index contributed by atoms with van der Waals surface area (Å²) < 4.78 is 0. The highest BCUT2D eigenvalue weighted by Gasteiger charge is 2.07. The first-order valence-electron chi connectivity index (χ1n) is 8.00. The zero-order valence-electron chi connectivity index (χ0n) is 14.1. The van der Waals surface area contributed by atoms with Gasteiger partial charge in [0.1, 0.15) is 25.3 Å². The molecule has 0 saturated carbocycles. The Morgan fingerprint density at radius 1 is 0.538 bits per heavy atom. The highest BCUT2D eigenvalue weighted by molar-refractivity contribution is 5.68. The van der Waals surface area contributed by atoms with Crippen LogP contribution in [0.3, 0.4) is 0 Å². The monoisotopic (exact) mass is 341 g/mol. The lowest BCUT2D eigenvalue weighted by Crippen LogP contribution is -2.09. The van der Waals surface area contributed by atoms with Crippen molar-refractivity contribution in [1.29, 1.82) is 0 Å². The molecular formula is C19H15N7. The Morgan fingerprint density at radius 2 is 0.885 bits per heavy atom. The topological polar surface area (TPSA) is 80.6 Å². The van der Waals surface area contributed by atoms with E-state index >= 15 is 0 Å². The van der Waals surface area contributed by atoms with Crippen LogP contribution in [-0.4, -0.2) is 37.0 Å². The largest absolute Gasteiger partial charge is 0.345 e. The third-order valence-electron chi connectivity index (χ3n) is 4.01. The summed E-state index contributed by atoms with van der Waals surface area (Å²) in [5.41, 5.74) is 4.04. The van der Waals surface area contributed by atoms with Gasteiger partial charge in [-0.05, 0) is 48.5 Å². The Kier molecular flexibility index (Phi) is 4.26. The van der Waals surface area contributed by atoms with E-state index in [2.05, 4.69) is 34.8 Å². The smallest absolute Gasteiger partial charge is 0.162 e. The molecule has 0 unspecified atom stereocenters. The fourth-order valence-electron chi connectivity index (χ4n) is 2.59. The molecule has 0 aliphatic rings. The fraction of sp³-hybridized carbons (Fsp3) is 0.0526. The van der Waals surface area contributed by atoms with Crippen molar-refractivity contribution in [2.24, 2.45) is 0 Å². The van der Waals surface area contributed by atoms with Crippen LogP contribution in [0, 0.1) is 0 Å². The molecule has 0 aliphatic heterocycles. The summed E-state index contributed by atoms with van der Waals surface area (Å²) >= 11 is 0. The molecule has 26 heavy (non-hydrogen) atoms. The molecule has 0 aliphatic carbocycles. The van der Waals surface area contributed by atoms with Crippen molar-refractivity contribution in [3.05, 3.63) is 73.8 Å². The van der Waals surface area contributed by atoms with Crippen molar-refractivity contribution < 1.29 is 0 Å². The van der Waals surface area contributed by atoms with Crippen LogP contribution in [0.15, 0.2) is 73.8 Å². The van der Waals surface area contributed by atoms with Crippen molar-refractivity contribution >= 4 is 11.4 Å². The number of aromatic nitrogens is 6. The van der Waals surface area contributed by atoms with Gasteiger partial charge in [-0.3, -0.25) is 0 Å². The summed E-state index contributed by atoms with van der Waals surface area (Å²) in [6, 6.07) is 16.2. The van der Waals surface area contributed by atoms with Crippen molar-refractivity contribution in [1.82, 2.24) is 29.9 Å². The second-order valence-corrected chi connectivity index (χ2v) is 5.58. The summed E-state index contributed by atoms with van der Waals surface area (Å²) in [4.78, 5) is 26.5. The van der Waals surface area contributed by atoms with Crippen molar-refractivity contribution in [2.45, 2.75) is 0 Å². The Balaban J connectivity index is 1.55. The summed E-state index contributed by atoms with van der Waals surface area (Å²) in [5, 5.41) is 0. The highest BCUT2D eigenvalue weighted by atomic mass is 15.1. The van der Waals surface area contributed by atoms with Gasteiger partial charge in [-0.15, -0.1) is 0 Å². The number of hydrogen-bond donors (Lipinski definition) is 0. The molecule has 0 N–H and O–H groups in total. The predicted molar refractivity (Wildman–Crippen MR) is 98.6 cm³/mol. The van der Waals surface area contributed by atoms with Crippen molar-refractivity contribution in [3.8, 4) is 22.8 Å². The van der Waals surface area contributed by atoms with E-state index in [1.54, 1.807) is 0 Å². The van der Waals surface area contributed by atoms with E-state index in [0.29, 0.717) is 11.6 Å². The Hall–Kier alpha value is -3.74. The first-order valence-corrected chi connectivity index (χ1v) is 8.00. The number of anilines is 2. The summed E-state index contributed by atoms with van der Waals surface area (Å²) in [5.74, 6) is 1.33. The van der Waals surface area contributed by atoms with E-state index in [9.17, 15) is 0 Å². The van der Waals surface area contributed by atoms with Crippen LogP contribution in [0.5, 0.6) is 0 Å². The molecule has 0 atom stereocenters. The van der Waals surface area contributed by atoms with E-state index in [1.807, 2.05) is 55.6 Å². The van der Waals surface area contributed by atoms with Gasteiger partial charge in [0.25, 0.3) is 0 Å².